The zero-order valence-electron chi connectivity index (χ0n) is 14.9. The summed E-state index contributed by atoms with van der Waals surface area (Å²) in [4.78, 5) is 24.1. The van der Waals surface area contributed by atoms with Gasteiger partial charge in [-0.05, 0) is 50.6 Å². The Labute approximate surface area is 150 Å². The maximum absolute atomic E-state index is 12.2. The standard InChI is InChI=1S/C21H20O5/c1-21(2,3)20(24)25-14-10-8-13(9-11-14)12-16-18(22)15-6-4-5-7-17(15)26-19(16)23/h4-11,22H,12H2,1-3H3. The van der Waals surface area contributed by atoms with Gasteiger partial charge in [0.15, 0.2) is 0 Å². The largest absolute Gasteiger partial charge is 0.507 e. The molecule has 5 heteroatoms. The monoisotopic (exact) mass is 352 g/mol. The van der Waals surface area contributed by atoms with E-state index in [1.54, 1.807) is 69.3 Å². The molecule has 26 heavy (non-hydrogen) atoms. The number of aromatic hydroxyl groups is 1. The lowest BCUT2D eigenvalue weighted by atomic mass is 9.97. The Bertz CT molecular complexity index is 1010. The summed E-state index contributed by atoms with van der Waals surface area (Å²) in [5, 5.41) is 10.9. The van der Waals surface area contributed by atoms with E-state index >= 15 is 0 Å². The van der Waals surface area contributed by atoms with Gasteiger partial charge in [-0.2, -0.15) is 0 Å². The van der Waals surface area contributed by atoms with Crippen molar-refractivity contribution in [3.05, 3.63) is 70.1 Å². The van der Waals surface area contributed by atoms with E-state index in [-0.39, 0.29) is 23.7 Å². The van der Waals surface area contributed by atoms with E-state index in [9.17, 15) is 14.7 Å². The number of hydrogen-bond acceptors (Lipinski definition) is 5. The molecule has 5 nitrogen and oxygen atoms in total. The third kappa shape index (κ3) is 3.61. The smallest absolute Gasteiger partial charge is 0.343 e. The van der Waals surface area contributed by atoms with Crippen molar-refractivity contribution in [1.29, 1.82) is 0 Å². The van der Waals surface area contributed by atoms with Crippen molar-refractivity contribution in [2.75, 3.05) is 0 Å². The van der Waals surface area contributed by atoms with Gasteiger partial charge in [-0.1, -0.05) is 24.3 Å². The average Bonchev–Trinajstić information content (AvgIpc) is 2.59. The quantitative estimate of drug-likeness (QED) is 0.437. The van der Waals surface area contributed by atoms with Crippen molar-refractivity contribution >= 4 is 16.9 Å². The Balaban J connectivity index is 1.85. The lowest BCUT2D eigenvalue weighted by molar-refractivity contribution is -0.142. The number of ether oxygens (including phenoxy) is 1. The van der Waals surface area contributed by atoms with Crippen LogP contribution in [0.25, 0.3) is 11.0 Å². The molecule has 0 unspecified atom stereocenters. The number of benzene rings is 2. The highest BCUT2D eigenvalue weighted by atomic mass is 16.5. The SMILES string of the molecule is CC(C)(C)C(=O)Oc1ccc(Cc2c(O)c3ccccc3oc2=O)cc1. The number of esters is 1. The molecule has 0 aliphatic rings. The van der Waals surface area contributed by atoms with Crippen molar-refractivity contribution in [1.82, 2.24) is 0 Å². The molecule has 0 saturated heterocycles. The molecule has 0 saturated carbocycles. The molecule has 0 aliphatic carbocycles. The van der Waals surface area contributed by atoms with Gasteiger partial charge in [-0.15, -0.1) is 0 Å². The summed E-state index contributed by atoms with van der Waals surface area (Å²) in [7, 11) is 0. The third-order valence-corrected chi connectivity index (χ3v) is 4.00. The molecule has 0 radical (unpaired) electrons. The van der Waals surface area contributed by atoms with Gasteiger partial charge in [-0.25, -0.2) is 4.79 Å². The van der Waals surface area contributed by atoms with E-state index in [1.807, 2.05) is 0 Å². The first-order chi connectivity index (χ1) is 12.3. The second kappa shape index (κ2) is 6.67. The van der Waals surface area contributed by atoms with Gasteiger partial charge in [0, 0.05) is 6.42 Å². The van der Waals surface area contributed by atoms with Gasteiger partial charge in [0.1, 0.15) is 17.1 Å². The summed E-state index contributed by atoms with van der Waals surface area (Å²) < 4.78 is 10.6. The second-order valence-corrected chi connectivity index (χ2v) is 7.17. The predicted octanol–water partition coefficient (Wildman–Crippen LogP) is 4.04. The molecular weight excluding hydrogens is 332 g/mol. The van der Waals surface area contributed by atoms with Crippen LogP contribution in [0.1, 0.15) is 31.9 Å². The molecule has 2 aromatic carbocycles. The van der Waals surface area contributed by atoms with Gasteiger partial charge >= 0.3 is 11.6 Å². The molecular formula is C21H20O5. The third-order valence-electron chi connectivity index (χ3n) is 4.00. The first-order valence-corrected chi connectivity index (χ1v) is 8.30. The van der Waals surface area contributed by atoms with Crippen molar-refractivity contribution in [2.24, 2.45) is 5.41 Å². The number of para-hydroxylation sites is 1. The van der Waals surface area contributed by atoms with Gasteiger partial charge in [0.25, 0.3) is 0 Å². The Hall–Kier alpha value is -3.08. The highest BCUT2D eigenvalue weighted by Gasteiger charge is 2.23. The highest BCUT2D eigenvalue weighted by molar-refractivity contribution is 5.84. The number of carbonyl (C=O) groups excluding carboxylic acids is 1. The fraction of sp³-hybridized carbons (Fsp3) is 0.238. The molecule has 0 spiro atoms. The van der Waals surface area contributed by atoms with Crippen LogP contribution in [0.4, 0.5) is 0 Å². The number of rotatable bonds is 3. The van der Waals surface area contributed by atoms with Gasteiger partial charge in [0.2, 0.25) is 0 Å². The van der Waals surface area contributed by atoms with Crippen LogP contribution in [0.5, 0.6) is 11.5 Å². The van der Waals surface area contributed by atoms with E-state index in [2.05, 4.69) is 0 Å². The number of carbonyl (C=O) groups is 1. The topological polar surface area (TPSA) is 76.7 Å². The van der Waals surface area contributed by atoms with Crippen LogP contribution in [0.15, 0.2) is 57.7 Å². The zero-order valence-corrected chi connectivity index (χ0v) is 14.9. The minimum Gasteiger partial charge on any atom is -0.507 e. The predicted molar refractivity (Wildman–Crippen MR) is 98.5 cm³/mol. The molecule has 3 aromatic rings. The summed E-state index contributed by atoms with van der Waals surface area (Å²) in [6.07, 6.45) is 0.215. The molecule has 3 rings (SSSR count). The molecule has 0 fully saturated rings. The fourth-order valence-electron chi connectivity index (χ4n) is 2.47. The highest BCUT2D eigenvalue weighted by Crippen LogP contribution is 2.28. The van der Waals surface area contributed by atoms with Gasteiger partial charge < -0.3 is 14.3 Å². The first-order valence-electron chi connectivity index (χ1n) is 8.30. The Morgan fingerprint density at radius 1 is 1.08 bits per heavy atom. The summed E-state index contributed by atoms with van der Waals surface area (Å²) >= 11 is 0. The summed E-state index contributed by atoms with van der Waals surface area (Å²) in [6, 6.07) is 13.7. The maximum atomic E-state index is 12.2. The summed E-state index contributed by atoms with van der Waals surface area (Å²) in [5.41, 5.74) is 0.184. The van der Waals surface area contributed by atoms with Crippen molar-refractivity contribution in [3.63, 3.8) is 0 Å². The average molecular weight is 352 g/mol. The fourth-order valence-corrected chi connectivity index (χ4v) is 2.47. The number of hydrogen-bond donors (Lipinski definition) is 1. The van der Waals surface area contributed by atoms with E-state index in [4.69, 9.17) is 9.15 Å². The molecule has 1 aromatic heterocycles. The lowest BCUT2D eigenvalue weighted by Crippen LogP contribution is -2.25. The van der Waals surface area contributed by atoms with Crippen LogP contribution in [-0.4, -0.2) is 11.1 Å². The normalized spacial score (nSPS) is 11.5. The summed E-state index contributed by atoms with van der Waals surface area (Å²) in [6.45, 7) is 5.35. The van der Waals surface area contributed by atoms with Crippen LogP contribution >= 0.6 is 0 Å². The first kappa shape index (κ1) is 17.7. The molecule has 1 N–H and O–H groups in total. The van der Waals surface area contributed by atoms with Gasteiger partial charge in [-0.3, -0.25) is 4.79 Å². The van der Waals surface area contributed by atoms with Crippen LogP contribution in [-0.2, 0) is 11.2 Å². The minimum absolute atomic E-state index is 0.0694. The molecule has 0 atom stereocenters. The Morgan fingerprint density at radius 2 is 1.73 bits per heavy atom. The van der Waals surface area contributed by atoms with Crippen LogP contribution < -0.4 is 10.4 Å². The van der Waals surface area contributed by atoms with Crippen molar-refractivity contribution < 1.29 is 19.1 Å². The molecule has 134 valence electrons. The number of fused-ring (bicyclic) bond motifs is 1. The molecule has 0 aliphatic heterocycles. The molecule has 0 bridgehead atoms. The maximum Gasteiger partial charge on any atom is 0.343 e. The second-order valence-electron chi connectivity index (χ2n) is 7.17. The Kier molecular flexibility index (Phi) is 4.55. The van der Waals surface area contributed by atoms with E-state index < -0.39 is 11.0 Å². The van der Waals surface area contributed by atoms with Crippen molar-refractivity contribution in [3.8, 4) is 11.5 Å². The van der Waals surface area contributed by atoms with E-state index in [0.29, 0.717) is 16.7 Å². The Morgan fingerprint density at radius 3 is 2.38 bits per heavy atom. The van der Waals surface area contributed by atoms with Gasteiger partial charge in [0.05, 0.1) is 16.4 Å². The van der Waals surface area contributed by atoms with Crippen molar-refractivity contribution in [2.45, 2.75) is 27.2 Å². The van der Waals surface area contributed by atoms with Crippen LogP contribution in [0.3, 0.4) is 0 Å². The minimum atomic E-state index is -0.589. The summed E-state index contributed by atoms with van der Waals surface area (Å²) in [5.74, 6) is 0.0431. The van der Waals surface area contributed by atoms with Crippen LogP contribution in [0.2, 0.25) is 0 Å². The zero-order chi connectivity index (χ0) is 18.9. The van der Waals surface area contributed by atoms with E-state index in [1.165, 1.54) is 0 Å². The molecule has 1 heterocycles. The molecule has 0 amide bonds. The lowest BCUT2D eigenvalue weighted by Gasteiger charge is -2.16. The van der Waals surface area contributed by atoms with Crippen LogP contribution in [0, 0.1) is 5.41 Å². The van der Waals surface area contributed by atoms with E-state index in [0.717, 1.165) is 5.56 Å².